The second-order valence-corrected chi connectivity index (χ2v) is 10.8. The molecule has 0 radical (unpaired) electrons. The van der Waals surface area contributed by atoms with E-state index in [0.717, 1.165) is 24.8 Å². The van der Waals surface area contributed by atoms with Crippen LogP contribution >= 0.6 is 0 Å². The maximum Gasteiger partial charge on any atom is 0.413 e. The van der Waals surface area contributed by atoms with E-state index in [1.807, 2.05) is 18.2 Å². The van der Waals surface area contributed by atoms with Gasteiger partial charge in [0.25, 0.3) is 0 Å². The second kappa shape index (κ2) is 9.51. The van der Waals surface area contributed by atoms with Gasteiger partial charge in [-0.3, -0.25) is 15.1 Å². The van der Waals surface area contributed by atoms with Crippen LogP contribution < -0.4 is 10.6 Å². The summed E-state index contributed by atoms with van der Waals surface area (Å²) in [5.74, 6) is -0.432. The van der Waals surface area contributed by atoms with Crippen LogP contribution in [0.1, 0.15) is 49.0 Å². The summed E-state index contributed by atoms with van der Waals surface area (Å²) in [5.41, 5.74) is 3.39. The molecule has 1 aromatic carbocycles. The zero-order valence-electron chi connectivity index (χ0n) is 22.3. The Labute approximate surface area is 230 Å². The Bertz CT molecular complexity index is 1580. The van der Waals surface area contributed by atoms with E-state index in [9.17, 15) is 14.0 Å². The Morgan fingerprint density at radius 3 is 2.50 bits per heavy atom. The van der Waals surface area contributed by atoms with Gasteiger partial charge in [-0.05, 0) is 67.9 Å². The number of carbonyl (C=O) groups is 2. The molecular formula is C29H28FN7O3. The third-order valence-corrected chi connectivity index (χ3v) is 7.93. The zero-order valence-corrected chi connectivity index (χ0v) is 22.3. The topological polar surface area (TPSA) is 124 Å². The summed E-state index contributed by atoms with van der Waals surface area (Å²) in [6.45, 7) is 3.33. The normalized spacial score (nSPS) is 21.5. The highest BCUT2D eigenvalue weighted by atomic mass is 19.1. The lowest BCUT2D eigenvalue weighted by molar-refractivity contribution is -0.170. The average Bonchev–Trinajstić information content (AvgIpc) is 3.24. The highest BCUT2D eigenvalue weighted by Crippen LogP contribution is 2.73. The van der Waals surface area contributed by atoms with Gasteiger partial charge in [0.2, 0.25) is 11.9 Å². The van der Waals surface area contributed by atoms with E-state index in [-0.39, 0.29) is 28.1 Å². The van der Waals surface area contributed by atoms with Crippen LogP contribution in [0.4, 0.5) is 20.7 Å². The van der Waals surface area contributed by atoms with Crippen LogP contribution in [0.5, 0.6) is 0 Å². The van der Waals surface area contributed by atoms with Gasteiger partial charge in [-0.1, -0.05) is 35.5 Å². The van der Waals surface area contributed by atoms with Crippen LogP contribution in [0, 0.1) is 18.3 Å². The van der Waals surface area contributed by atoms with Crippen molar-refractivity contribution in [2.75, 3.05) is 10.6 Å². The largest absolute Gasteiger partial charge is 0.441 e. The smallest absolute Gasteiger partial charge is 0.413 e. The molecule has 1 atom stereocenters. The molecular weight excluding hydrogens is 513 g/mol. The van der Waals surface area contributed by atoms with Crippen molar-refractivity contribution < 1.29 is 18.7 Å². The van der Waals surface area contributed by atoms with Crippen molar-refractivity contribution in [2.45, 2.75) is 44.6 Å². The van der Waals surface area contributed by atoms with Crippen LogP contribution in [-0.4, -0.2) is 37.0 Å². The van der Waals surface area contributed by atoms with Gasteiger partial charge in [0.1, 0.15) is 6.10 Å². The Balaban J connectivity index is 1.09. The minimum atomic E-state index is -0.873. The summed E-state index contributed by atoms with van der Waals surface area (Å²) in [6.07, 6.45) is 3.85. The molecule has 11 heteroatoms. The maximum absolute atomic E-state index is 14.1. The Hall–Kier alpha value is -4.67. The summed E-state index contributed by atoms with van der Waals surface area (Å²) >= 11 is 0. The molecule has 3 aliphatic rings. The van der Waals surface area contributed by atoms with E-state index in [1.165, 1.54) is 16.4 Å². The summed E-state index contributed by atoms with van der Waals surface area (Å²) in [7, 11) is 1.61. The number of aromatic nitrogens is 5. The second-order valence-electron chi connectivity index (χ2n) is 10.8. The number of carbonyl (C=O) groups excluding carboxylic acids is 2. The fourth-order valence-electron chi connectivity index (χ4n) is 5.88. The summed E-state index contributed by atoms with van der Waals surface area (Å²) in [4.78, 5) is 33.8. The number of anilines is 2. The van der Waals surface area contributed by atoms with Crippen molar-refractivity contribution in [1.82, 2.24) is 25.0 Å². The van der Waals surface area contributed by atoms with Crippen LogP contribution in [0.3, 0.4) is 0 Å². The molecule has 3 fully saturated rings. The highest BCUT2D eigenvalue weighted by molar-refractivity contribution is 5.98. The van der Waals surface area contributed by atoms with Gasteiger partial charge in [-0.2, -0.15) is 4.39 Å². The number of ether oxygens (including phenoxy) is 1. The fourth-order valence-corrected chi connectivity index (χ4v) is 5.88. The number of hydrogen-bond acceptors (Lipinski definition) is 7. The van der Waals surface area contributed by atoms with Crippen LogP contribution in [0.25, 0.3) is 11.4 Å². The van der Waals surface area contributed by atoms with E-state index in [2.05, 4.69) is 43.0 Å². The summed E-state index contributed by atoms with van der Waals surface area (Å²) < 4.78 is 20.9. The predicted molar refractivity (Wildman–Crippen MR) is 145 cm³/mol. The third-order valence-electron chi connectivity index (χ3n) is 7.93. The van der Waals surface area contributed by atoms with Gasteiger partial charge < -0.3 is 10.1 Å². The Kier molecular flexibility index (Phi) is 6.09. The minimum Gasteiger partial charge on any atom is -0.441 e. The first-order chi connectivity index (χ1) is 19.2. The molecule has 4 aromatic rings. The first-order valence-electron chi connectivity index (χ1n) is 13.0. The quantitative estimate of drug-likeness (QED) is 0.312. The van der Waals surface area contributed by atoms with E-state index < -0.39 is 18.1 Å². The number of nitrogens with zero attached hydrogens (tertiary/aromatic N) is 5. The lowest BCUT2D eigenvalue weighted by Crippen LogP contribution is -2.69. The number of pyridine rings is 2. The molecule has 3 saturated carbocycles. The molecule has 10 nitrogen and oxygen atoms in total. The number of benzene rings is 1. The Morgan fingerprint density at radius 1 is 1.05 bits per heavy atom. The number of halogens is 1. The minimum absolute atomic E-state index is 0.0128. The monoisotopic (exact) mass is 541 g/mol. The van der Waals surface area contributed by atoms with Crippen LogP contribution in [-0.2, 0) is 22.0 Å². The first-order valence-corrected chi connectivity index (χ1v) is 13.0. The molecule has 0 spiro atoms. The number of aryl methyl sites for hydroxylation is 2. The van der Waals surface area contributed by atoms with Crippen LogP contribution in [0.15, 0.2) is 60.9 Å². The van der Waals surface area contributed by atoms with Crippen LogP contribution in [0.2, 0.25) is 0 Å². The van der Waals surface area contributed by atoms with Crippen molar-refractivity contribution >= 4 is 23.5 Å². The Morgan fingerprint density at radius 2 is 1.80 bits per heavy atom. The molecule has 3 heterocycles. The molecule has 2 bridgehead atoms. The van der Waals surface area contributed by atoms with Crippen molar-refractivity contribution in [3.8, 4) is 11.4 Å². The van der Waals surface area contributed by atoms with Gasteiger partial charge in [0.15, 0.2) is 11.5 Å². The average molecular weight is 542 g/mol. The van der Waals surface area contributed by atoms with Crippen molar-refractivity contribution in [3.05, 3.63) is 83.6 Å². The first kappa shape index (κ1) is 25.6. The number of hydrogen-bond donors (Lipinski definition) is 2. The molecule has 7 rings (SSSR count). The number of rotatable bonds is 7. The molecule has 3 aliphatic carbocycles. The van der Waals surface area contributed by atoms with Crippen molar-refractivity contribution in [2.24, 2.45) is 12.5 Å². The fraction of sp³-hybridized carbons (Fsp3) is 0.310. The molecule has 0 aliphatic heterocycles. The van der Waals surface area contributed by atoms with E-state index >= 15 is 0 Å². The number of nitrogens with one attached hydrogen (secondary N) is 2. The van der Waals surface area contributed by atoms with Gasteiger partial charge in [0, 0.05) is 18.8 Å². The molecule has 0 saturated heterocycles. The van der Waals surface area contributed by atoms with E-state index in [4.69, 9.17) is 4.74 Å². The van der Waals surface area contributed by atoms with Gasteiger partial charge in [-0.15, -0.1) is 5.10 Å². The summed E-state index contributed by atoms with van der Waals surface area (Å²) in [6, 6.07) is 15.4. The lowest BCUT2D eigenvalue weighted by Gasteiger charge is -2.69. The SMILES string of the molecule is Cc1cnc(F)c([C@@H](C)OC(=O)Nc2c(-c3ccc(NC(=O)C45CC(c6ccccc6)(C4)C5)cn3)nnn2C)c1. The molecule has 204 valence electrons. The molecule has 3 aromatic heterocycles. The number of amides is 2. The zero-order chi connectivity index (χ0) is 28.1. The molecule has 0 unspecified atom stereocenters. The molecule has 2 N–H and O–H groups in total. The molecule has 2 amide bonds. The molecule has 40 heavy (non-hydrogen) atoms. The predicted octanol–water partition coefficient (Wildman–Crippen LogP) is 5.09. The van der Waals surface area contributed by atoms with E-state index in [0.29, 0.717) is 17.1 Å². The van der Waals surface area contributed by atoms with Crippen molar-refractivity contribution in [1.29, 1.82) is 0 Å². The third kappa shape index (κ3) is 4.37. The van der Waals surface area contributed by atoms with Crippen molar-refractivity contribution in [3.63, 3.8) is 0 Å². The van der Waals surface area contributed by atoms with E-state index in [1.54, 1.807) is 45.3 Å². The van der Waals surface area contributed by atoms with Gasteiger partial charge in [-0.25, -0.2) is 14.5 Å². The van der Waals surface area contributed by atoms with Gasteiger partial charge >= 0.3 is 6.09 Å². The lowest BCUT2D eigenvalue weighted by atomic mass is 9.33. The standard InChI is InChI=1S/C29H28FN7O3/c1-17-11-21(24(30)32-12-17)18(2)40-27(39)34-25-23(35-36-37(25)3)22-10-9-20(13-31-22)33-26(38)29-14-28(15-29,16-29)19-7-5-4-6-8-19/h4-13,18H,14-16H2,1-3H3,(H,33,38)(H,34,39)/t18-,28?,29?/m1/s1. The maximum atomic E-state index is 14.1. The van der Waals surface area contributed by atoms with Gasteiger partial charge in [0.05, 0.1) is 23.0 Å². The highest BCUT2D eigenvalue weighted by Gasteiger charge is 2.71. The summed E-state index contributed by atoms with van der Waals surface area (Å²) in [5, 5.41) is 13.7.